The molecule has 3 aromatic rings. The Morgan fingerprint density at radius 3 is 2.67 bits per heavy atom. The molecule has 0 unspecified atom stereocenters. The number of rotatable bonds is 2. The van der Waals surface area contributed by atoms with Crippen LogP contribution in [0, 0.1) is 15.2 Å². The standard InChI is InChI=1S/C13H7ClF2IN3O/c14-6-3-5(17)1-2-8(6)18-12-10-9(19-20-13(10)21)4-7(15)11(12)16/h1-4,18H,(H2,19,20,21). The maximum Gasteiger partial charge on any atom is 0.274 e. The van der Waals surface area contributed by atoms with Crippen molar-refractivity contribution in [2.75, 3.05) is 5.32 Å². The summed E-state index contributed by atoms with van der Waals surface area (Å²) < 4.78 is 28.5. The minimum atomic E-state index is -1.14. The van der Waals surface area contributed by atoms with E-state index in [-0.39, 0.29) is 16.6 Å². The van der Waals surface area contributed by atoms with Crippen LogP contribution in [0.2, 0.25) is 5.02 Å². The molecule has 108 valence electrons. The second kappa shape index (κ2) is 5.30. The zero-order valence-electron chi connectivity index (χ0n) is 10.2. The van der Waals surface area contributed by atoms with E-state index in [1.165, 1.54) is 0 Å². The van der Waals surface area contributed by atoms with Gasteiger partial charge in [0.05, 0.1) is 27.3 Å². The summed E-state index contributed by atoms with van der Waals surface area (Å²) in [5.41, 5.74) is -0.254. The summed E-state index contributed by atoms with van der Waals surface area (Å²) in [6, 6.07) is 5.97. The molecule has 0 amide bonds. The fourth-order valence-corrected chi connectivity index (χ4v) is 2.89. The van der Waals surface area contributed by atoms with Crippen molar-refractivity contribution >= 4 is 56.5 Å². The smallest absolute Gasteiger partial charge is 0.274 e. The SMILES string of the molecule is O=c1[nH][nH]c2cc(F)c(F)c(Nc3ccc(I)cc3Cl)c12. The maximum atomic E-state index is 14.0. The van der Waals surface area contributed by atoms with Crippen molar-refractivity contribution in [1.82, 2.24) is 10.2 Å². The van der Waals surface area contributed by atoms with Crippen molar-refractivity contribution in [2.24, 2.45) is 0 Å². The summed E-state index contributed by atoms with van der Waals surface area (Å²) in [6.07, 6.45) is 0. The normalized spacial score (nSPS) is 11.0. The molecule has 8 heteroatoms. The van der Waals surface area contributed by atoms with Crippen LogP contribution in [0.3, 0.4) is 0 Å². The molecule has 2 aromatic carbocycles. The van der Waals surface area contributed by atoms with Gasteiger partial charge in [-0.2, -0.15) is 0 Å². The van der Waals surface area contributed by atoms with Crippen molar-refractivity contribution in [1.29, 1.82) is 0 Å². The second-order valence-electron chi connectivity index (χ2n) is 4.30. The van der Waals surface area contributed by atoms with Crippen molar-refractivity contribution in [3.63, 3.8) is 0 Å². The Morgan fingerprint density at radius 1 is 1.19 bits per heavy atom. The van der Waals surface area contributed by atoms with Crippen LogP contribution >= 0.6 is 34.2 Å². The molecule has 21 heavy (non-hydrogen) atoms. The molecule has 0 aliphatic rings. The fraction of sp³-hybridized carbons (Fsp3) is 0. The molecule has 4 nitrogen and oxygen atoms in total. The number of H-pyrrole nitrogens is 2. The molecule has 1 heterocycles. The third-order valence-corrected chi connectivity index (χ3v) is 3.93. The first-order chi connectivity index (χ1) is 9.97. The van der Waals surface area contributed by atoms with E-state index >= 15 is 0 Å². The largest absolute Gasteiger partial charge is 0.351 e. The Hall–Kier alpha value is -1.61. The van der Waals surface area contributed by atoms with E-state index < -0.39 is 17.2 Å². The Labute approximate surface area is 135 Å². The number of halogens is 4. The van der Waals surface area contributed by atoms with E-state index in [1.54, 1.807) is 18.2 Å². The van der Waals surface area contributed by atoms with Crippen LogP contribution in [0.25, 0.3) is 10.9 Å². The average molecular weight is 422 g/mol. The minimum absolute atomic E-state index is 0.00326. The zero-order chi connectivity index (χ0) is 15.1. The fourth-order valence-electron chi connectivity index (χ4n) is 1.99. The Bertz CT molecular complexity index is 906. The molecule has 0 bridgehead atoms. The van der Waals surface area contributed by atoms with Gasteiger partial charge in [0.2, 0.25) is 0 Å². The summed E-state index contributed by atoms with van der Waals surface area (Å²) in [5.74, 6) is -2.20. The van der Waals surface area contributed by atoms with E-state index in [1.807, 2.05) is 0 Å². The topological polar surface area (TPSA) is 60.7 Å². The van der Waals surface area contributed by atoms with Crippen LogP contribution in [-0.4, -0.2) is 10.2 Å². The average Bonchev–Trinajstić information content (AvgIpc) is 2.78. The Morgan fingerprint density at radius 2 is 1.95 bits per heavy atom. The van der Waals surface area contributed by atoms with Crippen LogP contribution in [0.1, 0.15) is 0 Å². The molecule has 0 saturated heterocycles. The third kappa shape index (κ3) is 2.51. The van der Waals surface area contributed by atoms with Gasteiger partial charge >= 0.3 is 0 Å². The van der Waals surface area contributed by atoms with E-state index in [0.717, 1.165) is 9.64 Å². The first-order valence-electron chi connectivity index (χ1n) is 5.78. The number of anilines is 2. The molecule has 0 aliphatic carbocycles. The lowest BCUT2D eigenvalue weighted by molar-refractivity contribution is 0.513. The van der Waals surface area contributed by atoms with E-state index in [9.17, 15) is 13.6 Å². The van der Waals surface area contributed by atoms with Crippen LogP contribution in [0.5, 0.6) is 0 Å². The van der Waals surface area contributed by atoms with E-state index in [4.69, 9.17) is 11.6 Å². The monoisotopic (exact) mass is 421 g/mol. The minimum Gasteiger partial charge on any atom is -0.351 e. The summed E-state index contributed by atoms with van der Waals surface area (Å²) >= 11 is 8.14. The van der Waals surface area contributed by atoms with Gasteiger partial charge in [0.15, 0.2) is 11.6 Å². The van der Waals surface area contributed by atoms with Crippen molar-refractivity contribution in [2.45, 2.75) is 0 Å². The maximum absolute atomic E-state index is 14.0. The first kappa shape index (κ1) is 14.3. The van der Waals surface area contributed by atoms with Gasteiger partial charge in [-0.05, 0) is 40.8 Å². The van der Waals surface area contributed by atoms with Gasteiger partial charge in [-0.1, -0.05) is 11.6 Å². The molecule has 0 radical (unpaired) electrons. The molecular weight excluding hydrogens is 415 g/mol. The highest BCUT2D eigenvalue weighted by molar-refractivity contribution is 14.1. The summed E-state index contributed by atoms with van der Waals surface area (Å²) in [5, 5.41) is 7.81. The second-order valence-corrected chi connectivity index (χ2v) is 5.95. The third-order valence-electron chi connectivity index (χ3n) is 2.95. The molecule has 0 saturated carbocycles. The number of aromatic nitrogens is 2. The van der Waals surface area contributed by atoms with Crippen LogP contribution in [0.15, 0.2) is 29.1 Å². The molecule has 0 fully saturated rings. The highest BCUT2D eigenvalue weighted by atomic mass is 127. The molecule has 3 N–H and O–H groups in total. The molecule has 0 aliphatic heterocycles. The van der Waals surface area contributed by atoms with Crippen molar-refractivity contribution in [3.05, 3.63) is 54.8 Å². The predicted octanol–water partition coefficient (Wildman–Crippen LogP) is 4.14. The molecule has 1 aromatic heterocycles. The number of benzene rings is 2. The van der Waals surface area contributed by atoms with Gasteiger partial charge in [-0.3, -0.25) is 15.0 Å². The quantitative estimate of drug-likeness (QED) is 0.545. The van der Waals surface area contributed by atoms with Gasteiger partial charge < -0.3 is 5.32 Å². The van der Waals surface area contributed by atoms with Crippen molar-refractivity contribution in [3.8, 4) is 0 Å². The summed E-state index contributed by atoms with van der Waals surface area (Å²) in [6.45, 7) is 0. The molecule has 0 spiro atoms. The van der Waals surface area contributed by atoms with Gasteiger partial charge in [0.25, 0.3) is 5.56 Å². The van der Waals surface area contributed by atoms with Crippen LogP contribution in [-0.2, 0) is 0 Å². The zero-order valence-corrected chi connectivity index (χ0v) is 13.1. The number of nitrogens with one attached hydrogen (secondary N) is 3. The lowest BCUT2D eigenvalue weighted by Gasteiger charge is -2.11. The van der Waals surface area contributed by atoms with Gasteiger partial charge in [0.1, 0.15) is 0 Å². The predicted molar refractivity (Wildman–Crippen MR) is 86.3 cm³/mol. The van der Waals surface area contributed by atoms with Gasteiger partial charge in [0, 0.05) is 9.64 Å². The van der Waals surface area contributed by atoms with Crippen LogP contribution < -0.4 is 10.9 Å². The lowest BCUT2D eigenvalue weighted by atomic mass is 10.2. The van der Waals surface area contributed by atoms with Crippen molar-refractivity contribution < 1.29 is 8.78 Å². The summed E-state index contributed by atoms with van der Waals surface area (Å²) in [4.78, 5) is 11.7. The number of fused-ring (bicyclic) bond motifs is 1. The summed E-state index contributed by atoms with van der Waals surface area (Å²) in [7, 11) is 0. The Balaban J connectivity index is 2.22. The van der Waals surface area contributed by atoms with E-state index in [2.05, 4.69) is 38.1 Å². The van der Waals surface area contributed by atoms with Gasteiger partial charge in [-0.25, -0.2) is 8.78 Å². The van der Waals surface area contributed by atoms with Crippen LogP contribution in [0.4, 0.5) is 20.2 Å². The van der Waals surface area contributed by atoms with E-state index in [0.29, 0.717) is 10.7 Å². The highest BCUT2D eigenvalue weighted by Gasteiger charge is 2.18. The molecule has 3 rings (SSSR count). The highest BCUT2D eigenvalue weighted by Crippen LogP contribution is 2.32. The number of aromatic amines is 2. The molecular formula is C13H7ClF2IN3O. The Kier molecular flexibility index (Phi) is 3.62. The first-order valence-corrected chi connectivity index (χ1v) is 7.23. The number of hydrogen-bond acceptors (Lipinski definition) is 2. The lowest BCUT2D eigenvalue weighted by Crippen LogP contribution is -2.05. The molecule has 0 atom stereocenters. The van der Waals surface area contributed by atoms with Gasteiger partial charge in [-0.15, -0.1) is 0 Å². The number of hydrogen-bond donors (Lipinski definition) is 3.